The number of aromatic nitrogens is 1. The van der Waals surface area contributed by atoms with E-state index in [9.17, 15) is 13.2 Å². The first-order valence-electron chi connectivity index (χ1n) is 10.1. The molecule has 1 N–H and O–H groups in total. The van der Waals surface area contributed by atoms with Crippen LogP contribution in [0.1, 0.15) is 25.3 Å². The topological polar surface area (TPSA) is 80.6 Å². The lowest BCUT2D eigenvalue weighted by Crippen LogP contribution is -2.35. The van der Waals surface area contributed by atoms with Crippen molar-refractivity contribution in [2.45, 2.75) is 32.3 Å². The van der Waals surface area contributed by atoms with Crippen molar-refractivity contribution in [2.75, 3.05) is 24.9 Å². The summed E-state index contributed by atoms with van der Waals surface area (Å²) in [6, 6.07) is 7.05. The zero-order chi connectivity index (χ0) is 21.9. The molecule has 0 aliphatic carbocycles. The standard InChI is InChI=1S/C22H29N3O4S/c1-5-16-13-17(15-25(4)22(16)26)20-14-18(23-30(27,28)6-2)7-8-21(20)29-19-9-11-24(3)12-10-19/h6-8,13-15,19,23H,2,5,9-12H2,1,3-4H3. The normalized spacial score (nSPS) is 15.7. The third kappa shape index (κ3) is 5.12. The molecule has 1 aliphatic heterocycles. The Hall–Kier alpha value is -2.58. The predicted octanol–water partition coefficient (Wildman–Crippen LogP) is 2.97. The van der Waals surface area contributed by atoms with Gasteiger partial charge < -0.3 is 14.2 Å². The van der Waals surface area contributed by atoms with Crippen molar-refractivity contribution in [1.29, 1.82) is 0 Å². The van der Waals surface area contributed by atoms with E-state index in [0.717, 1.165) is 42.5 Å². The minimum atomic E-state index is -3.63. The van der Waals surface area contributed by atoms with Gasteiger partial charge in [-0.25, -0.2) is 8.42 Å². The predicted molar refractivity (Wildman–Crippen MR) is 120 cm³/mol. The number of piperidine rings is 1. The number of likely N-dealkylation sites (tertiary alicyclic amines) is 1. The van der Waals surface area contributed by atoms with Crippen molar-refractivity contribution >= 4 is 15.7 Å². The van der Waals surface area contributed by atoms with Crippen LogP contribution in [0.25, 0.3) is 11.1 Å². The molecule has 1 fully saturated rings. The number of nitrogens with zero attached hydrogens (tertiary/aromatic N) is 2. The average Bonchev–Trinajstić information content (AvgIpc) is 2.72. The zero-order valence-electron chi connectivity index (χ0n) is 17.7. The second-order valence-corrected chi connectivity index (χ2v) is 9.30. The maximum absolute atomic E-state index is 12.3. The number of sulfonamides is 1. The number of pyridine rings is 1. The summed E-state index contributed by atoms with van der Waals surface area (Å²) in [5, 5.41) is 0.872. The van der Waals surface area contributed by atoms with Gasteiger partial charge in [0.25, 0.3) is 15.6 Å². The Morgan fingerprint density at radius 2 is 1.93 bits per heavy atom. The number of benzene rings is 1. The molecule has 0 saturated carbocycles. The van der Waals surface area contributed by atoms with Crippen LogP contribution in [0.3, 0.4) is 0 Å². The molecule has 8 heteroatoms. The molecule has 1 aromatic carbocycles. The zero-order valence-corrected chi connectivity index (χ0v) is 18.5. The molecule has 2 heterocycles. The second kappa shape index (κ2) is 9.06. The SMILES string of the molecule is C=CS(=O)(=O)Nc1ccc(OC2CCN(C)CC2)c(-c2cc(CC)c(=O)n(C)c2)c1. The van der Waals surface area contributed by atoms with Crippen molar-refractivity contribution < 1.29 is 13.2 Å². The highest BCUT2D eigenvalue weighted by Crippen LogP contribution is 2.35. The quantitative estimate of drug-likeness (QED) is 0.729. The lowest BCUT2D eigenvalue weighted by Gasteiger charge is -2.30. The molecular weight excluding hydrogens is 402 g/mol. The molecule has 7 nitrogen and oxygen atoms in total. The molecule has 0 amide bonds. The van der Waals surface area contributed by atoms with E-state index in [1.165, 1.54) is 0 Å². The van der Waals surface area contributed by atoms with Gasteiger partial charge in [0.05, 0.1) is 0 Å². The van der Waals surface area contributed by atoms with Crippen molar-refractivity contribution in [3.05, 3.63) is 58.4 Å². The lowest BCUT2D eigenvalue weighted by molar-refractivity contribution is 0.115. The Balaban J connectivity index is 2.05. The summed E-state index contributed by atoms with van der Waals surface area (Å²) in [5.74, 6) is 0.673. The Morgan fingerprint density at radius 3 is 2.57 bits per heavy atom. The third-order valence-electron chi connectivity index (χ3n) is 5.37. The smallest absolute Gasteiger partial charge is 0.254 e. The van der Waals surface area contributed by atoms with Gasteiger partial charge in [0.15, 0.2) is 0 Å². The molecule has 3 rings (SSSR count). The Kier molecular flexibility index (Phi) is 6.67. The van der Waals surface area contributed by atoms with E-state index in [0.29, 0.717) is 23.4 Å². The van der Waals surface area contributed by atoms with Crippen molar-refractivity contribution in [3.63, 3.8) is 0 Å². The van der Waals surface area contributed by atoms with Gasteiger partial charge in [-0.3, -0.25) is 9.52 Å². The number of rotatable bonds is 7. The van der Waals surface area contributed by atoms with Crippen molar-refractivity contribution in [1.82, 2.24) is 9.47 Å². The average molecular weight is 432 g/mol. The molecule has 1 aliphatic rings. The van der Waals surface area contributed by atoms with Gasteiger partial charge in [-0.2, -0.15) is 0 Å². The largest absolute Gasteiger partial charge is 0.490 e. The first-order valence-corrected chi connectivity index (χ1v) is 11.6. The highest BCUT2D eigenvalue weighted by Gasteiger charge is 2.20. The highest BCUT2D eigenvalue weighted by molar-refractivity contribution is 7.95. The molecule has 0 atom stereocenters. The molecule has 2 aromatic rings. The minimum absolute atomic E-state index is 0.0393. The number of ether oxygens (including phenoxy) is 1. The van der Waals surface area contributed by atoms with Crippen LogP contribution in [0.5, 0.6) is 5.75 Å². The Morgan fingerprint density at radius 1 is 1.23 bits per heavy atom. The van der Waals surface area contributed by atoms with E-state index in [1.54, 1.807) is 36.0 Å². The molecule has 0 bridgehead atoms. The molecular formula is C22H29N3O4S. The van der Waals surface area contributed by atoms with Crippen LogP contribution >= 0.6 is 0 Å². The first-order chi connectivity index (χ1) is 14.2. The monoisotopic (exact) mass is 431 g/mol. The number of nitrogens with one attached hydrogen (secondary N) is 1. The molecule has 30 heavy (non-hydrogen) atoms. The molecule has 0 radical (unpaired) electrons. The van der Waals surface area contributed by atoms with Gasteiger partial charge in [0.2, 0.25) is 0 Å². The minimum Gasteiger partial charge on any atom is -0.490 e. The fourth-order valence-corrected chi connectivity index (χ4v) is 4.13. The van der Waals surface area contributed by atoms with Crippen molar-refractivity contribution in [3.8, 4) is 16.9 Å². The highest BCUT2D eigenvalue weighted by atomic mass is 32.2. The Bertz CT molecular complexity index is 1080. The van der Waals surface area contributed by atoms with E-state index < -0.39 is 10.0 Å². The maximum atomic E-state index is 12.3. The number of hydrogen-bond donors (Lipinski definition) is 1. The van der Waals surface area contributed by atoms with Crippen LogP contribution in [0.4, 0.5) is 5.69 Å². The van der Waals surface area contributed by atoms with Gasteiger partial charge in [-0.15, -0.1) is 0 Å². The summed E-state index contributed by atoms with van der Waals surface area (Å²) >= 11 is 0. The van der Waals surface area contributed by atoms with Crippen LogP contribution in [0, 0.1) is 0 Å². The Labute approximate surface area is 178 Å². The van der Waals surface area contributed by atoms with Gasteiger partial charge >= 0.3 is 0 Å². The van der Waals surface area contributed by atoms with Gasteiger partial charge in [0.1, 0.15) is 11.9 Å². The summed E-state index contributed by atoms with van der Waals surface area (Å²) in [7, 11) is 0.178. The molecule has 1 aromatic heterocycles. The van der Waals surface area contributed by atoms with Crippen LogP contribution in [-0.4, -0.2) is 44.1 Å². The molecule has 162 valence electrons. The molecule has 1 saturated heterocycles. The second-order valence-electron chi connectivity index (χ2n) is 7.67. The fraction of sp³-hybridized carbons (Fsp3) is 0.409. The van der Waals surface area contributed by atoms with E-state index in [2.05, 4.69) is 23.2 Å². The van der Waals surface area contributed by atoms with Crippen LogP contribution in [-0.2, 0) is 23.5 Å². The van der Waals surface area contributed by atoms with Crippen LogP contribution in [0.2, 0.25) is 0 Å². The lowest BCUT2D eigenvalue weighted by atomic mass is 10.0. The van der Waals surface area contributed by atoms with Gasteiger partial charge in [0, 0.05) is 54.1 Å². The van der Waals surface area contributed by atoms with E-state index in [4.69, 9.17) is 4.74 Å². The van der Waals surface area contributed by atoms with E-state index in [1.807, 2.05) is 13.0 Å². The number of hydrogen-bond acceptors (Lipinski definition) is 5. The molecule has 0 spiro atoms. The number of aryl methyl sites for hydroxylation is 2. The maximum Gasteiger partial charge on any atom is 0.254 e. The number of anilines is 1. The summed E-state index contributed by atoms with van der Waals surface area (Å²) in [6.45, 7) is 7.21. The van der Waals surface area contributed by atoms with Gasteiger partial charge in [-0.05, 0) is 50.6 Å². The fourth-order valence-electron chi connectivity index (χ4n) is 3.59. The first kappa shape index (κ1) is 22.1. The third-order valence-corrected chi connectivity index (χ3v) is 6.33. The van der Waals surface area contributed by atoms with Crippen LogP contribution < -0.4 is 15.0 Å². The van der Waals surface area contributed by atoms with Gasteiger partial charge in [-0.1, -0.05) is 13.5 Å². The summed E-state index contributed by atoms with van der Waals surface area (Å²) in [5.41, 5.74) is 2.60. The van der Waals surface area contributed by atoms with Crippen LogP contribution in [0.15, 0.2) is 47.2 Å². The summed E-state index contributed by atoms with van der Waals surface area (Å²) in [6.07, 6.45) is 4.30. The molecule has 0 unspecified atom stereocenters. The summed E-state index contributed by atoms with van der Waals surface area (Å²) in [4.78, 5) is 14.6. The van der Waals surface area contributed by atoms with E-state index >= 15 is 0 Å². The van der Waals surface area contributed by atoms with Crippen molar-refractivity contribution in [2.24, 2.45) is 7.05 Å². The summed E-state index contributed by atoms with van der Waals surface area (Å²) < 4.78 is 34.3. The van der Waals surface area contributed by atoms with E-state index in [-0.39, 0.29) is 11.7 Å².